The van der Waals surface area contributed by atoms with Crippen molar-refractivity contribution in [3.05, 3.63) is 52.4 Å². The van der Waals surface area contributed by atoms with Gasteiger partial charge in [0.25, 0.3) is 0 Å². The predicted octanol–water partition coefficient (Wildman–Crippen LogP) is 4.75. The van der Waals surface area contributed by atoms with Crippen LogP contribution >= 0.6 is 23.2 Å². The minimum absolute atomic E-state index is 0.117. The van der Waals surface area contributed by atoms with E-state index in [-0.39, 0.29) is 5.75 Å². The molecule has 1 aromatic heterocycles. The molecule has 0 aliphatic heterocycles. The standard InChI is InChI=1S/C15H9Cl2FN2O/c1-21-12-7-8(5-6-11(12)18)15-19-13-9(14(17)20-15)3-2-4-10(13)16/h2-7H,1H3. The van der Waals surface area contributed by atoms with Crippen molar-refractivity contribution in [2.45, 2.75) is 0 Å². The van der Waals surface area contributed by atoms with E-state index in [0.717, 1.165) is 0 Å². The monoisotopic (exact) mass is 322 g/mol. The summed E-state index contributed by atoms with van der Waals surface area (Å²) in [6, 6.07) is 9.67. The summed E-state index contributed by atoms with van der Waals surface area (Å²) in [5, 5.41) is 1.44. The molecule has 0 amide bonds. The molecule has 2 aromatic carbocycles. The summed E-state index contributed by atoms with van der Waals surface area (Å²) in [5.74, 6) is 0.0246. The Morgan fingerprint density at radius 2 is 1.90 bits per heavy atom. The van der Waals surface area contributed by atoms with Crippen LogP contribution in [0, 0.1) is 5.82 Å². The number of fused-ring (bicyclic) bond motifs is 1. The summed E-state index contributed by atoms with van der Waals surface area (Å²) in [5.41, 5.74) is 1.15. The van der Waals surface area contributed by atoms with Crippen molar-refractivity contribution < 1.29 is 9.13 Å². The predicted molar refractivity (Wildman–Crippen MR) is 81.5 cm³/mol. The van der Waals surface area contributed by atoms with Gasteiger partial charge in [-0.15, -0.1) is 0 Å². The lowest BCUT2D eigenvalue weighted by atomic mass is 10.1. The van der Waals surface area contributed by atoms with Crippen molar-refractivity contribution in [2.75, 3.05) is 7.11 Å². The minimum atomic E-state index is -0.453. The molecule has 0 bridgehead atoms. The molecule has 1 heterocycles. The fraction of sp³-hybridized carbons (Fsp3) is 0.0667. The highest BCUT2D eigenvalue weighted by atomic mass is 35.5. The third-order valence-electron chi connectivity index (χ3n) is 3.04. The number of ether oxygens (including phenoxy) is 1. The topological polar surface area (TPSA) is 35.0 Å². The van der Waals surface area contributed by atoms with Gasteiger partial charge in [-0.25, -0.2) is 14.4 Å². The van der Waals surface area contributed by atoms with E-state index in [0.29, 0.717) is 32.5 Å². The van der Waals surface area contributed by atoms with Gasteiger partial charge < -0.3 is 4.74 Å². The zero-order valence-electron chi connectivity index (χ0n) is 10.9. The van der Waals surface area contributed by atoms with Gasteiger partial charge in [0.1, 0.15) is 5.15 Å². The number of methoxy groups -OCH3 is 1. The number of hydrogen-bond donors (Lipinski definition) is 0. The summed E-state index contributed by atoms with van der Waals surface area (Å²) in [6.45, 7) is 0. The first-order valence-corrected chi connectivity index (χ1v) is 6.81. The maximum atomic E-state index is 13.5. The van der Waals surface area contributed by atoms with Crippen LogP contribution in [0.25, 0.3) is 22.3 Å². The van der Waals surface area contributed by atoms with Crippen molar-refractivity contribution in [1.29, 1.82) is 0 Å². The molecule has 0 N–H and O–H groups in total. The second-order valence-electron chi connectivity index (χ2n) is 4.32. The number of hydrogen-bond acceptors (Lipinski definition) is 3. The van der Waals surface area contributed by atoms with Crippen molar-refractivity contribution in [3.8, 4) is 17.1 Å². The molecule has 0 saturated carbocycles. The summed E-state index contributed by atoms with van der Waals surface area (Å²) in [6.07, 6.45) is 0. The Kier molecular flexibility index (Phi) is 3.66. The van der Waals surface area contributed by atoms with Gasteiger partial charge in [-0.2, -0.15) is 0 Å². The first kappa shape index (κ1) is 14.0. The molecule has 106 valence electrons. The largest absolute Gasteiger partial charge is 0.494 e. The van der Waals surface area contributed by atoms with Crippen LogP contribution in [0.3, 0.4) is 0 Å². The second kappa shape index (κ2) is 5.47. The lowest BCUT2D eigenvalue weighted by molar-refractivity contribution is 0.387. The van der Waals surface area contributed by atoms with Crippen molar-refractivity contribution >= 4 is 34.1 Å². The molecule has 0 fully saturated rings. The van der Waals surface area contributed by atoms with Gasteiger partial charge in [-0.3, -0.25) is 0 Å². The van der Waals surface area contributed by atoms with Crippen LogP contribution in [0.5, 0.6) is 5.75 Å². The molecule has 0 saturated heterocycles. The molecular weight excluding hydrogens is 314 g/mol. The average Bonchev–Trinajstić information content (AvgIpc) is 2.48. The highest BCUT2D eigenvalue weighted by molar-refractivity contribution is 6.38. The number of benzene rings is 2. The van der Waals surface area contributed by atoms with E-state index in [1.54, 1.807) is 24.3 Å². The number of aromatic nitrogens is 2. The molecule has 0 atom stereocenters. The van der Waals surface area contributed by atoms with Crippen LogP contribution in [-0.2, 0) is 0 Å². The molecular formula is C15H9Cl2FN2O. The smallest absolute Gasteiger partial charge is 0.165 e. The Labute approximate surface area is 130 Å². The van der Waals surface area contributed by atoms with E-state index in [1.165, 1.54) is 19.2 Å². The first-order chi connectivity index (χ1) is 10.1. The van der Waals surface area contributed by atoms with E-state index in [2.05, 4.69) is 9.97 Å². The van der Waals surface area contributed by atoms with Crippen LogP contribution in [0.2, 0.25) is 10.2 Å². The highest BCUT2D eigenvalue weighted by Crippen LogP contribution is 2.30. The Balaban J connectivity index is 2.23. The van der Waals surface area contributed by atoms with Crippen LogP contribution in [0.1, 0.15) is 0 Å². The highest BCUT2D eigenvalue weighted by Gasteiger charge is 2.12. The minimum Gasteiger partial charge on any atom is -0.494 e. The molecule has 6 heteroatoms. The van der Waals surface area contributed by atoms with Crippen molar-refractivity contribution in [1.82, 2.24) is 9.97 Å². The summed E-state index contributed by atoms with van der Waals surface area (Å²) < 4.78 is 18.4. The Bertz CT molecular complexity index is 839. The molecule has 21 heavy (non-hydrogen) atoms. The first-order valence-electron chi connectivity index (χ1n) is 6.06. The van der Waals surface area contributed by atoms with Gasteiger partial charge in [0, 0.05) is 10.9 Å². The van der Waals surface area contributed by atoms with Crippen LogP contribution < -0.4 is 4.74 Å². The summed E-state index contributed by atoms with van der Waals surface area (Å²) in [4.78, 5) is 8.64. The lowest BCUT2D eigenvalue weighted by Gasteiger charge is -2.07. The molecule has 0 aliphatic rings. The summed E-state index contributed by atoms with van der Waals surface area (Å²) in [7, 11) is 1.40. The lowest BCUT2D eigenvalue weighted by Crippen LogP contribution is -1.94. The molecule has 3 nitrogen and oxygen atoms in total. The fourth-order valence-corrected chi connectivity index (χ4v) is 2.46. The van der Waals surface area contributed by atoms with E-state index < -0.39 is 5.82 Å². The zero-order chi connectivity index (χ0) is 15.0. The molecule has 0 aliphatic carbocycles. The van der Waals surface area contributed by atoms with Crippen molar-refractivity contribution in [2.24, 2.45) is 0 Å². The third-order valence-corrected chi connectivity index (χ3v) is 3.63. The molecule has 3 rings (SSSR count). The van der Waals surface area contributed by atoms with Gasteiger partial charge in [0.2, 0.25) is 0 Å². The van der Waals surface area contributed by atoms with Gasteiger partial charge in [0.05, 0.1) is 17.6 Å². The molecule has 0 spiro atoms. The SMILES string of the molecule is COc1cc(-c2nc(Cl)c3cccc(Cl)c3n2)ccc1F. The van der Waals surface area contributed by atoms with Gasteiger partial charge >= 0.3 is 0 Å². The van der Waals surface area contributed by atoms with E-state index >= 15 is 0 Å². The Morgan fingerprint density at radius 1 is 1.10 bits per heavy atom. The Morgan fingerprint density at radius 3 is 2.67 bits per heavy atom. The van der Waals surface area contributed by atoms with E-state index in [4.69, 9.17) is 27.9 Å². The number of para-hydroxylation sites is 1. The van der Waals surface area contributed by atoms with Crippen LogP contribution in [0.15, 0.2) is 36.4 Å². The molecule has 0 radical (unpaired) electrons. The van der Waals surface area contributed by atoms with Gasteiger partial charge in [-0.05, 0) is 30.3 Å². The van der Waals surface area contributed by atoms with Crippen LogP contribution in [0.4, 0.5) is 4.39 Å². The summed E-state index contributed by atoms with van der Waals surface area (Å²) >= 11 is 12.3. The Hall–Kier alpha value is -1.91. The van der Waals surface area contributed by atoms with Crippen LogP contribution in [-0.4, -0.2) is 17.1 Å². The quantitative estimate of drug-likeness (QED) is 0.638. The maximum absolute atomic E-state index is 13.5. The number of nitrogens with zero attached hydrogens (tertiary/aromatic N) is 2. The number of rotatable bonds is 2. The second-order valence-corrected chi connectivity index (χ2v) is 5.09. The zero-order valence-corrected chi connectivity index (χ0v) is 12.4. The fourth-order valence-electron chi connectivity index (χ4n) is 2.01. The molecule has 0 unspecified atom stereocenters. The normalized spacial score (nSPS) is 10.9. The van der Waals surface area contributed by atoms with E-state index in [9.17, 15) is 4.39 Å². The van der Waals surface area contributed by atoms with Gasteiger partial charge in [0.15, 0.2) is 17.4 Å². The van der Waals surface area contributed by atoms with E-state index in [1.807, 2.05) is 0 Å². The van der Waals surface area contributed by atoms with Gasteiger partial charge in [-0.1, -0.05) is 29.3 Å². The number of halogens is 3. The third kappa shape index (κ3) is 2.52. The molecule has 3 aromatic rings. The maximum Gasteiger partial charge on any atom is 0.165 e. The average molecular weight is 323 g/mol. The van der Waals surface area contributed by atoms with Crippen molar-refractivity contribution in [3.63, 3.8) is 0 Å².